The molecule has 3 rings (SSSR count). The molecule has 1 heterocycles. The molecule has 28 heavy (non-hydrogen) atoms. The Morgan fingerprint density at radius 2 is 2.00 bits per heavy atom. The molecule has 3 aromatic rings. The number of anilines is 1. The molecular formula is C20H19BrN4O3. The summed E-state index contributed by atoms with van der Waals surface area (Å²) in [6.45, 7) is 2.52. The van der Waals surface area contributed by atoms with Crippen molar-refractivity contribution in [3.63, 3.8) is 0 Å². The second kappa shape index (κ2) is 9.18. The fraction of sp³-hybridized carbons (Fsp3) is 0.150. The highest BCUT2D eigenvalue weighted by Crippen LogP contribution is 2.25. The molecular weight excluding hydrogens is 424 g/mol. The van der Waals surface area contributed by atoms with Crippen molar-refractivity contribution in [3.8, 4) is 22.8 Å². The molecule has 2 aromatic carbocycles. The number of hydrogen-bond donors (Lipinski definition) is 2. The summed E-state index contributed by atoms with van der Waals surface area (Å²) in [5.41, 5.74) is 4.68. The average molecular weight is 443 g/mol. The Morgan fingerprint density at radius 1 is 1.21 bits per heavy atom. The normalized spacial score (nSPS) is 10.8. The molecule has 0 amide bonds. The number of ether oxygens (including phenoxy) is 2. The third kappa shape index (κ3) is 4.98. The number of aromatic amines is 1. The molecule has 7 nitrogen and oxygen atoms in total. The van der Waals surface area contributed by atoms with Crippen LogP contribution in [-0.2, 0) is 0 Å². The van der Waals surface area contributed by atoms with Gasteiger partial charge in [0.15, 0.2) is 0 Å². The van der Waals surface area contributed by atoms with Crippen molar-refractivity contribution in [2.45, 2.75) is 6.92 Å². The van der Waals surface area contributed by atoms with Crippen molar-refractivity contribution in [1.82, 2.24) is 9.97 Å². The Bertz CT molecular complexity index is 1030. The summed E-state index contributed by atoms with van der Waals surface area (Å²) in [6.07, 6.45) is 1.63. The van der Waals surface area contributed by atoms with Crippen LogP contribution in [0, 0.1) is 0 Å². The summed E-state index contributed by atoms with van der Waals surface area (Å²) < 4.78 is 11.5. The van der Waals surface area contributed by atoms with Gasteiger partial charge < -0.3 is 9.47 Å². The molecule has 2 N–H and O–H groups in total. The second-order valence-corrected chi connectivity index (χ2v) is 6.55. The zero-order valence-corrected chi connectivity index (χ0v) is 17.0. The minimum atomic E-state index is -0.276. The molecule has 0 bridgehead atoms. The van der Waals surface area contributed by atoms with Crippen LogP contribution in [0.4, 0.5) is 5.95 Å². The van der Waals surface area contributed by atoms with Gasteiger partial charge in [-0.15, -0.1) is 0 Å². The number of hydrazone groups is 1. The van der Waals surface area contributed by atoms with Gasteiger partial charge in [0.25, 0.3) is 5.56 Å². The van der Waals surface area contributed by atoms with E-state index in [4.69, 9.17) is 9.47 Å². The monoisotopic (exact) mass is 442 g/mol. The number of nitrogens with one attached hydrogen (secondary N) is 2. The smallest absolute Gasteiger partial charge is 0.252 e. The van der Waals surface area contributed by atoms with Gasteiger partial charge in [0.2, 0.25) is 5.95 Å². The van der Waals surface area contributed by atoms with Crippen LogP contribution in [0.15, 0.2) is 62.9 Å². The number of aromatic nitrogens is 2. The van der Waals surface area contributed by atoms with Crippen LogP contribution < -0.4 is 20.5 Å². The molecule has 0 saturated heterocycles. The van der Waals surface area contributed by atoms with Gasteiger partial charge in [-0.25, -0.2) is 10.4 Å². The average Bonchev–Trinajstić information content (AvgIpc) is 2.70. The number of nitrogens with zero attached hydrogens (tertiary/aromatic N) is 2. The third-order valence-electron chi connectivity index (χ3n) is 3.77. The van der Waals surface area contributed by atoms with E-state index in [1.165, 1.54) is 6.07 Å². The van der Waals surface area contributed by atoms with Gasteiger partial charge >= 0.3 is 0 Å². The van der Waals surface area contributed by atoms with E-state index in [0.29, 0.717) is 12.3 Å². The van der Waals surface area contributed by atoms with Crippen molar-refractivity contribution < 1.29 is 9.47 Å². The molecule has 0 unspecified atom stereocenters. The largest absolute Gasteiger partial charge is 0.497 e. The van der Waals surface area contributed by atoms with Gasteiger partial charge in [0, 0.05) is 11.6 Å². The van der Waals surface area contributed by atoms with E-state index in [1.807, 2.05) is 49.4 Å². The number of rotatable bonds is 7. The second-order valence-electron chi connectivity index (χ2n) is 5.70. The lowest BCUT2D eigenvalue weighted by Crippen LogP contribution is -2.10. The molecule has 0 atom stereocenters. The van der Waals surface area contributed by atoms with Crippen LogP contribution in [0.5, 0.6) is 11.5 Å². The summed E-state index contributed by atoms with van der Waals surface area (Å²) in [5.74, 6) is 1.75. The maximum absolute atomic E-state index is 12.0. The summed E-state index contributed by atoms with van der Waals surface area (Å²) in [4.78, 5) is 19.0. The van der Waals surface area contributed by atoms with Crippen LogP contribution in [0.2, 0.25) is 0 Å². The quantitative estimate of drug-likeness (QED) is 0.425. The highest BCUT2D eigenvalue weighted by atomic mass is 79.9. The Balaban J connectivity index is 1.75. The van der Waals surface area contributed by atoms with E-state index in [9.17, 15) is 4.79 Å². The van der Waals surface area contributed by atoms with E-state index in [-0.39, 0.29) is 11.5 Å². The van der Waals surface area contributed by atoms with Crippen molar-refractivity contribution in [1.29, 1.82) is 0 Å². The summed E-state index contributed by atoms with van der Waals surface area (Å²) in [7, 11) is 1.60. The van der Waals surface area contributed by atoms with Crippen molar-refractivity contribution in [2.75, 3.05) is 19.1 Å². The van der Waals surface area contributed by atoms with Gasteiger partial charge in [0.1, 0.15) is 11.5 Å². The van der Waals surface area contributed by atoms with E-state index < -0.39 is 0 Å². The topological polar surface area (TPSA) is 88.6 Å². The third-order valence-corrected chi connectivity index (χ3v) is 4.39. The molecule has 0 aliphatic rings. The Kier molecular flexibility index (Phi) is 6.44. The SMILES string of the molecule is CCOc1ccc(/C=N\Nc2nc(-c3ccc(OC)cc3)cc(=O)[nH]2)cc1Br. The Hall–Kier alpha value is -3.13. The molecule has 144 valence electrons. The number of hydrogen-bond acceptors (Lipinski definition) is 6. The number of H-pyrrole nitrogens is 1. The minimum Gasteiger partial charge on any atom is -0.497 e. The van der Waals surface area contributed by atoms with Gasteiger partial charge in [-0.1, -0.05) is 0 Å². The van der Waals surface area contributed by atoms with Crippen LogP contribution in [0.1, 0.15) is 12.5 Å². The first-order valence-electron chi connectivity index (χ1n) is 8.56. The molecule has 1 aromatic heterocycles. The number of halogens is 1. The molecule has 0 aliphatic heterocycles. The maximum atomic E-state index is 12.0. The maximum Gasteiger partial charge on any atom is 0.252 e. The van der Waals surface area contributed by atoms with Crippen molar-refractivity contribution >= 4 is 28.1 Å². The van der Waals surface area contributed by atoms with Gasteiger partial charge in [0.05, 0.1) is 30.1 Å². The zero-order valence-electron chi connectivity index (χ0n) is 15.4. The van der Waals surface area contributed by atoms with E-state index in [0.717, 1.165) is 27.1 Å². The van der Waals surface area contributed by atoms with E-state index in [2.05, 4.69) is 36.4 Å². The molecule has 0 saturated carbocycles. The summed E-state index contributed by atoms with van der Waals surface area (Å²) in [6, 6.07) is 14.4. The summed E-state index contributed by atoms with van der Waals surface area (Å²) in [5, 5.41) is 4.14. The first-order chi connectivity index (χ1) is 13.6. The van der Waals surface area contributed by atoms with Crippen LogP contribution in [-0.4, -0.2) is 29.9 Å². The molecule has 0 radical (unpaired) electrons. The standard InChI is InChI=1S/C20H19BrN4O3/c1-3-28-18-9-4-13(10-16(18)21)12-22-25-20-23-17(11-19(26)24-20)14-5-7-15(27-2)8-6-14/h4-12H,3H2,1-2H3,(H2,23,24,25,26)/b22-12-. The number of methoxy groups -OCH3 is 1. The van der Waals surface area contributed by atoms with Crippen LogP contribution >= 0.6 is 15.9 Å². The van der Waals surface area contributed by atoms with Crippen LogP contribution in [0.3, 0.4) is 0 Å². The van der Waals surface area contributed by atoms with E-state index in [1.54, 1.807) is 13.3 Å². The minimum absolute atomic E-state index is 0.250. The van der Waals surface area contributed by atoms with Gasteiger partial charge in [-0.2, -0.15) is 5.10 Å². The van der Waals surface area contributed by atoms with Crippen molar-refractivity contribution in [2.24, 2.45) is 5.10 Å². The Morgan fingerprint density at radius 3 is 2.68 bits per heavy atom. The predicted molar refractivity (Wildman–Crippen MR) is 113 cm³/mol. The van der Waals surface area contributed by atoms with E-state index >= 15 is 0 Å². The first kappa shape index (κ1) is 19.6. The first-order valence-corrected chi connectivity index (χ1v) is 9.35. The Labute approximate surface area is 170 Å². The predicted octanol–water partition coefficient (Wildman–Crippen LogP) is 4.05. The fourth-order valence-corrected chi connectivity index (χ4v) is 2.97. The molecule has 0 fully saturated rings. The fourth-order valence-electron chi connectivity index (χ4n) is 2.46. The molecule has 0 spiro atoms. The lowest BCUT2D eigenvalue weighted by atomic mass is 10.1. The highest BCUT2D eigenvalue weighted by Gasteiger charge is 2.05. The molecule has 8 heteroatoms. The number of benzene rings is 2. The van der Waals surface area contributed by atoms with Crippen molar-refractivity contribution in [3.05, 3.63) is 68.9 Å². The lowest BCUT2D eigenvalue weighted by Gasteiger charge is -2.06. The lowest BCUT2D eigenvalue weighted by molar-refractivity contribution is 0.338. The van der Waals surface area contributed by atoms with Gasteiger partial charge in [-0.05, 0) is 70.9 Å². The highest BCUT2D eigenvalue weighted by molar-refractivity contribution is 9.10. The molecule has 0 aliphatic carbocycles. The zero-order chi connectivity index (χ0) is 19.9. The van der Waals surface area contributed by atoms with Gasteiger partial charge in [-0.3, -0.25) is 9.78 Å². The van der Waals surface area contributed by atoms with Crippen LogP contribution in [0.25, 0.3) is 11.3 Å². The summed E-state index contributed by atoms with van der Waals surface area (Å²) >= 11 is 3.46.